The number of ether oxygens (including phenoxy) is 1. The number of methoxy groups -OCH3 is 1. The number of rotatable bonds is 2. The molecule has 1 aliphatic heterocycles. The number of nitrogens with one attached hydrogen (secondary N) is 1. The predicted octanol–water partition coefficient (Wildman–Crippen LogP) is 2.57. The van der Waals surface area contributed by atoms with Crippen molar-refractivity contribution in [3.8, 4) is 0 Å². The molecule has 4 bridgehead atoms. The number of benzene rings is 1. The van der Waals surface area contributed by atoms with Crippen LogP contribution in [0.25, 0.3) is 0 Å². The second-order valence-corrected chi connectivity index (χ2v) is 8.46. The summed E-state index contributed by atoms with van der Waals surface area (Å²) in [7, 11) is 1.82. The summed E-state index contributed by atoms with van der Waals surface area (Å²) in [5.41, 5.74) is 2.97. The molecule has 3 heteroatoms. The number of aliphatic hydroxyl groups excluding tert-OH is 1. The summed E-state index contributed by atoms with van der Waals surface area (Å²) in [6, 6.07) is 9.50. The van der Waals surface area contributed by atoms with Crippen LogP contribution in [0.1, 0.15) is 37.3 Å². The van der Waals surface area contributed by atoms with E-state index in [1.165, 1.54) is 11.1 Å². The van der Waals surface area contributed by atoms with Crippen LogP contribution in [0.2, 0.25) is 0 Å². The summed E-state index contributed by atoms with van der Waals surface area (Å²) in [4.78, 5) is 0. The zero-order chi connectivity index (χ0) is 16.6. The second-order valence-electron chi connectivity index (χ2n) is 8.46. The van der Waals surface area contributed by atoms with Gasteiger partial charge in [0.2, 0.25) is 0 Å². The summed E-state index contributed by atoms with van der Waals surface area (Å²) in [6.45, 7) is 3.01. The normalized spacial score (nSPS) is 46.3. The molecule has 0 aromatic heterocycles. The predicted molar refractivity (Wildman–Crippen MR) is 93.9 cm³/mol. The quantitative estimate of drug-likeness (QED) is 0.821. The minimum Gasteiger partial charge on any atom is -0.393 e. The number of hydrogen-bond acceptors (Lipinski definition) is 3. The lowest BCUT2D eigenvalue weighted by Crippen LogP contribution is -2.74. The Morgan fingerprint density at radius 1 is 1.29 bits per heavy atom. The van der Waals surface area contributed by atoms with Crippen LogP contribution >= 0.6 is 0 Å². The summed E-state index contributed by atoms with van der Waals surface area (Å²) >= 11 is 0. The first-order chi connectivity index (χ1) is 11.6. The first kappa shape index (κ1) is 15.1. The van der Waals surface area contributed by atoms with Gasteiger partial charge in [-0.05, 0) is 50.3 Å². The maximum atomic E-state index is 10.5. The molecule has 1 spiro atoms. The third kappa shape index (κ3) is 1.55. The zero-order valence-corrected chi connectivity index (χ0v) is 14.6. The Kier molecular flexibility index (Phi) is 2.97. The van der Waals surface area contributed by atoms with E-state index < -0.39 is 0 Å². The molecule has 3 nitrogen and oxygen atoms in total. The van der Waals surface area contributed by atoms with Crippen molar-refractivity contribution in [3.63, 3.8) is 0 Å². The summed E-state index contributed by atoms with van der Waals surface area (Å²) in [5.74, 6) is 0.174. The van der Waals surface area contributed by atoms with E-state index in [4.69, 9.17) is 4.74 Å². The van der Waals surface area contributed by atoms with Gasteiger partial charge < -0.3 is 15.2 Å². The second kappa shape index (κ2) is 4.72. The molecular formula is C21H27NO2. The van der Waals surface area contributed by atoms with Crippen molar-refractivity contribution in [1.29, 1.82) is 0 Å². The highest BCUT2D eigenvalue weighted by Crippen LogP contribution is 2.68. The van der Waals surface area contributed by atoms with Crippen LogP contribution in [0, 0.1) is 11.3 Å². The molecular weight excluding hydrogens is 298 g/mol. The summed E-state index contributed by atoms with van der Waals surface area (Å²) in [6.07, 6.45) is 8.67. The van der Waals surface area contributed by atoms with E-state index in [1.54, 1.807) is 0 Å². The largest absolute Gasteiger partial charge is 0.393 e. The van der Waals surface area contributed by atoms with Crippen LogP contribution < -0.4 is 5.32 Å². The number of fused-ring (bicyclic) bond motifs is 2. The van der Waals surface area contributed by atoms with E-state index in [9.17, 15) is 5.11 Å². The lowest BCUT2D eigenvalue weighted by atomic mass is 9.37. The third-order valence-electron chi connectivity index (χ3n) is 7.80. The molecule has 6 atom stereocenters. The smallest absolute Gasteiger partial charge is 0.0920 e. The Morgan fingerprint density at radius 3 is 2.92 bits per heavy atom. The topological polar surface area (TPSA) is 41.5 Å². The van der Waals surface area contributed by atoms with Crippen LogP contribution in [0.15, 0.2) is 36.4 Å². The van der Waals surface area contributed by atoms with Gasteiger partial charge in [-0.2, -0.15) is 0 Å². The molecule has 24 heavy (non-hydrogen) atoms. The van der Waals surface area contributed by atoms with Crippen molar-refractivity contribution < 1.29 is 9.84 Å². The van der Waals surface area contributed by atoms with Gasteiger partial charge in [0.25, 0.3) is 0 Å². The van der Waals surface area contributed by atoms with Crippen molar-refractivity contribution in [1.82, 2.24) is 5.32 Å². The minimum atomic E-state index is -0.345. The van der Waals surface area contributed by atoms with Crippen molar-refractivity contribution >= 4 is 0 Å². The number of hydrogen-bond donors (Lipinski definition) is 2. The van der Waals surface area contributed by atoms with Gasteiger partial charge in [-0.1, -0.05) is 36.4 Å². The molecule has 0 amide bonds. The Balaban J connectivity index is 1.77. The van der Waals surface area contributed by atoms with Crippen LogP contribution in [0.3, 0.4) is 0 Å². The molecule has 2 N–H and O–H groups in total. The van der Waals surface area contributed by atoms with Gasteiger partial charge in [-0.3, -0.25) is 0 Å². The van der Waals surface area contributed by atoms with Crippen LogP contribution in [0.4, 0.5) is 0 Å². The Bertz CT molecular complexity index is 714. The molecule has 1 heterocycles. The van der Waals surface area contributed by atoms with Gasteiger partial charge in [-0.25, -0.2) is 0 Å². The summed E-state index contributed by atoms with van der Waals surface area (Å²) < 4.78 is 6.12. The first-order valence-electron chi connectivity index (χ1n) is 9.32. The molecule has 4 aliphatic carbocycles. The van der Waals surface area contributed by atoms with Crippen molar-refractivity contribution in [2.75, 3.05) is 13.7 Å². The molecule has 1 aromatic carbocycles. The molecule has 1 saturated carbocycles. The van der Waals surface area contributed by atoms with Gasteiger partial charge >= 0.3 is 0 Å². The summed E-state index contributed by atoms with van der Waals surface area (Å²) in [5, 5.41) is 14.3. The van der Waals surface area contributed by atoms with E-state index in [-0.39, 0.29) is 28.5 Å². The SMILES string of the molecule is COC12C=C[C@]3(CC1C(C)O)[C@H]1Cc4ccccc4[C@@]3(CCN1)C2. The van der Waals surface area contributed by atoms with E-state index in [2.05, 4.69) is 41.7 Å². The lowest BCUT2D eigenvalue weighted by molar-refractivity contribution is -0.169. The van der Waals surface area contributed by atoms with Gasteiger partial charge in [0, 0.05) is 29.9 Å². The minimum absolute atomic E-state index is 0.113. The molecule has 2 fully saturated rings. The molecule has 3 unspecified atom stereocenters. The molecule has 1 aromatic rings. The van der Waals surface area contributed by atoms with Crippen molar-refractivity contribution in [2.45, 2.75) is 55.8 Å². The highest BCUT2D eigenvalue weighted by atomic mass is 16.5. The number of aliphatic hydroxyl groups is 1. The Hall–Kier alpha value is -1.16. The Labute approximate surface area is 144 Å². The van der Waals surface area contributed by atoms with Crippen molar-refractivity contribution in [2.24, 2.45) is 11.3 Å². The van der Waals surface area contributed by atoms with E-state index in [0.29, 0.717) is 6.04 Å². The standard InChI is InChI=1S/C21H27NO2/c1-14(23)17-12-19-7-8-21(17,24-2)13-20(19)9-10-22-18(19)11-15-5-3-4-6-16(15)20/h3-8,14,17-18,22-23H,9-13H2,1-2H3/t14?,17?,18-,19+,20-,21?/m1/s1. The van der Waals surface area contributed by atoms with Crippen LogP contribution in [-0.2, 0) is 16.6 Å². The highest BCUT2D eigenvalue weighted by Gasteiger charge is 2.69. The monoisotopic (exact) mass is 325 g/mol. The lowest BCUT2D eigenvalue weighted by Gasteiger charge is -2.70. The van der Waals surface area contributed by atoms with E-state index in [1.807, 2.05) is 14.0 Å². The maximum absolute atomic E-state index is 10.5. The maximum Gasteiger partial charge on any atom is 0.0920 e. The van der Waals surface area contributed by atoms with Gasteiger partial charge in [0.05, 0.1) is 11.7 Å². The van der Waals surface area contributed by atoms with Crippen LogP contribution in [-0.4, -0.2) is 36.5 Å². The van der Waals surface area contributed by atoms with Crippen LogP contribution in [0.5, 0.6) is 0 Å². The molecule has 1 saturated heterocycles. The third-order valence-corrected chi connectivity index (χ3v) is 7.80. The first-order valence-corrected chi connectivity index (χ1v) is 9.32. The van der Waals surface area contributed by atoms with E-state index in [0.717, 1.165) is 32.2 Å². The van der Waals surface area contributed by atoms with Gasteiger partial charge in [-0.15, -0.1) is 0 Å². The molecule has 0 radical (unpaired) electrons. The fraction of sp³-hybridized carbons (Fsp3) is 0.619. The molecule has 5 aliphatic rings. The molecule has 128 valence electrons. The fourth-order valence-electron chi connectivity index (χ4n) is 6.74. The number of piperidine rings is 1. The average Bonchev–Trinajstić information content (AvgIpc) is 2.60. The van der Waals surface area contributed by atoms with E-state index >= 15 is 0 Å². The zero-order valence-electron chi connectivity index (χ0n) is 14.6. The molecule has 6 rings (SSSR count). The Morgan fingerprint density at radius 2 is 2.12 bits per heavy atom. The van der Waals surface area contributed by atoms with Gasteiger partial charge in [0.15, 0.2) is 0 Å². The van der Waals surface area contributed by atoms with Crippen molar-refractivity contribution in [3.05, 3.63) is 47.5 Å². The van der Waals surface area contributed by atoms with Gasteiger partial charge in [0.1, 0.15) is 0 Å². The highest BCUT2D eigenvalue weighted by molar-refractivity contribution is 5.50. The average molecular weight is 325 g/mol. The fourth-order valence-corrected chi connectivity index (χ4v) is 6.74.